The Bertz CT molecular complexity index is 492. The highest BCUT2D eigenvalue weighted by Gasteiger charge is 2.18. The summed E-state index contributed by atoms with van der Waals surface area (Å²) in [5, 5.41) is 5.71. The van der Waals surface area contributed by atoms with E-state index in [-0.39, 0.29) is 6.04 Å². The van der Waals surface area contributed by atoms with E-state index in [2.05, 4.69) is 68.3 Å². The maximum atomic E-state index is 6.11. The van der Waals surface area contributed by atoms with Gasteiger partial charge in [0, 0.05) is 9.35 Å². The lowest BCUT2D eigenvalue weighted by atomic mass is 10.1. The van der Waals surface area contributed by atoms with Gasteiger partial charge in [-0.3, -0.25) is 0 Å². The summed E-state index contributed by atoms with van der Waals surface area (Å²) >= 11 is 15.3. The van der Waals surface area contributed by atoms with Gasteiger partial charge >= 0.3 is 0 Å². The van der Waals surface area contributed by atoms with E-state index in [4.69, 9.17) is 11.6 Å². The van der Waals surface area contributed by atoms with E-state index in [1.807, 2.05) is 0 Å². The zero-order chi connectivity index (χ0) is 12.4. The van der Waals surface area contributed by atoms with Crippen LogP contribution in [0.15, 0.2) is 22.0 Å². The minimum Gasteiger partial charge on any atom is -0.306 e. The Labute approximate surface area is 136 Å². The highest BCUT2D eigenvalue weighted by molar-refractivity contribution is 14.1. The molecule has 0 aliphatic rings. The fourth-order valence-corrected chi connectivity index (χ4v) is 4.81. The smallest absolute Gasteiger partial charge is 0.107 e. The van der Waals surface area contributed by atoms with Crippen molar-refractivity contribution in [2.24, 2.45) is 0 Å². The number of rotatable bonds is 4. The predicted octanol–water partition coefficient (Wildman–Crippen LogP) is 5.53. The van der Waals surface area contributed by atoms with Crippen LogP contribution >= 0.6 is 72.8 Å². The summed E-state index contributed by atoms with van der Waals surface area (Å²) in [5.74, 6) is 0. The van der Waals surface area contributed by atoms with E-state index in [0.29, 0.717) is 0 Å². The summed E-state index contributed by atoms with van der Waals surface area (Å²) in [6.07, 6.45) is 0. The lowest BCUT2D eigenvalue weighted by Gasteiger charge is -2.14. The van der Waals surface area contributed by atoms with Gasteiger partial charge in [-0.05, 0) is 68.1 Å². The van der Waals surface area contributed by atoms with Crippen molar-refractivity contribution in [3.05, 3.63) is 39.6 Å². The van der Waals surface area contributed by atoms with Crippen LogP contribution in [0.2, 0.25) is 4.34 Å². The van der Waals surface area contributed by atoms with Gasteiger partial charge in [0.1, 0.15) is 4.34 Å². The van der Waals surface area contributed by atoms with Crippen molar-refractivity contribution in [1.82, 2.24) is 5.32 Å². The topological polar surface area (TPSA) is 12.0 Å². The standard InChI is InChI=1S/C11H10BrClINS2/c1-2-15-10(6-3-9(14)16-5-6)8-4-7(12)11(13)17-8/h3-5,10,15H,2H2,1H3. The summed E-state index contributed by atoms with van der Waals surface area (Å²) in [5.41, 5.74) is 1.31. The average Bonchev–Trinajstić information content (AvgIpc) is 2.83. The molecule has 17 heavy (non-hydrogen) atoms. The summed E-state index contributed by atoms with van der Waals surface area (Å²) in [7, 11) is 0. The molecule has 0 amide bonds. The molecule has 0 fully saturated rings. The van der Waals surface area contributed by atoms with Gasteiger partial charge in [0.05, 0.1) is 8.93 Å². The van der Waals surface area contributed by atoms with Crippen LogP contribution in [0.25, 0.3) is 0 Å². The number of thiophene rings is 2. The van der Waals surface area contributed by atoms with Crippen LogP contribution in [0.4, 0.5) is 0 Å². The van der Waals surface area contributed by atoms with E-state index in [9.17, 15) is 0 Å². The second kappa shape index (κ2) is 6.34. The van der Waals surface area contributed by atoms with Gasteiger partial charge in [-0.15, -0.1) is 22.7 Å². The molecule has 2 aromatic heterocycles. The van der Waals surface area contributed by atoms with Crippen molar-refractivity contribution in [3.8, 4) is 0 Å². The monoisotopic (exact) mass is 461 g/mol. The molecule has 0 saturated carbocycles. The molecule has 1 unspecified atom stereocenters. The van der Waals surface area contributed by atoms with Crippen molar-refractivity contribution < 1.29 is 0 Å². The maximum Gasteiger partial charge on any atom is 0.107 e. The fraction of sp³-hybridized carbons (Fsp3) is 0.273. The molecule has 2 aromatic rings. The van der Waals surface area contributed by atoms with Crippen LogP contribution in [0.3, 0.4) is 0 Å². The highest BCUT2D eigenvalue weighted by Crippen LogP contribution is 2.38. The Balaban J connectivity index is 2.34. The molecule has 0 aliphatic heterocycles. The zero-order valence-electron chi connectivity index (χ0n) is 8.97. The lowest BCUT2D eigenvalue weighted by Crippen LogP contribution is -2.20. The van der Waals surface area contributed by atoms with Crippen molar-refractivity contribution in [1.29, 1.82) is 0 Å². The summed E-state index contributed by atoms with van der Waals surface area (Å²) in [4.78, 5) is 1.25. The third kappa shape index (κ3) is 3.45. The molecular weight excluding hydrogens is 453 g/mol. The Hall–Kier alpha value is 0.860. The Morgan fingerprint density at radius 1 is 1.53 bits per heavy atom. The SMILES string of the molecule is CCNC(c1csc(I)c1)c1cc(Br)c(Cl)s1. The first-order valence-corrected chi connectivity index (χ1v) is 8.98. The molecule has 6 heteroatoms. The van der Waals surface area contributed by atoms with Gasteiger partial charge in [0.25, 0.3) is 0 Å². The first-order valence-electron chi connectivity index (χ1n) is 5.04. The molecule has 0 aliphatic carbocycles. The summed E-state index contributed by atoms with van der Waals surface area (Å²) < 4.78 is 3.10. The number of hydrogen-bond donors (Lipinski definition) is 1. The minimum absolute atomic E-state index is 0.244. The largest absolute Gasteiger partial charge is 0.306 e. The minimum atomic E-state index is 0.244. The van der Waals surface area contributed by atoms with Crippen molar-refractivity contribution in [2.75, 3.05) is 6.54 Å². The van der Waals surface area contributed by atoms with E-state index in [0.717, 1.165) is 15.4 Å². The first kappa shape index (κ1) is 14.3. The second-order valence-electron chi connectivity index (χ2n) is 3.45. The molecule has 0 bridgehead atoms. The molecule has 2 heterocycles. The number of halogens is 3. The van der Waals surface area contributed by atoms with Gasteiger partial charge in [-0.1, -0.05) is 18.5 Å². The second-order valence-corrected chi connectivity index (χ2v) is 8.79. The van der Waals surface area contributed by atoms with Crippen LogP contribution < -0.4 is 5.32 Å². The molecular formula is C11H10BrClINS2. The number of hydrogen-bond acceptors (Lipinski definition) is 3. The van der Waals surface area contributed by atoms with Gasteiger partial charge in [-0.25, -0.2) is 0 Å². The van der Waals surface area contributed by atoms with Gasteiger partial charge in [0.15, 0.2) is 0 Å². The van der Waals surface area contributed by atoms with Crippen LogP contribution in [-0.4, -0.2) is 6.54 Å². The highest BCUT2D eigenvalue weighted by atomic mass is 127. The predicted molar refractivity (Wildman–Crippen MR) is 89.6 cm³/mol. The van der Waals surface area contributed by atoms with Crippen LogP contribution in [-0.2, 0) is 0 Å². The summed E-state index contributed by atoms with van der Waals surface area (Å²) in [6, 6.07) is 4.57. The Morgan fingerprint density at radius 2 is 2.29 bits per heavy atom. The molecule has 0 spiro atoms. The Morgan fingerprint density at radius 3 is 2.76 bits per heavy atom. The molecule has 1 N–H and O–H groups in total. The summed E-state index contributed by atoms with van der Waals surface area (Å²) in [6.45, 7) is 3.05. The normalized spacial score (nSPS) is 12.9. The molecule has 0 radical (unpaired) electrons. The molecule has 92 valence electrons. The number of nitrogens with one attached hydrogen (secondary N) is 1. The lowest BCUT2D eigenvalue weighted by molar-refractivity contribution is 0.641. The molecule has 2 rings (SSSR count). The van der Waals surface area contributed by atoms with E-state index in [1.54, 1.807) is 22.7 Å². The fourth-order valence-electron chi connectivity index (χ4n) is 1.57. The van der Waals surface area contributed by atoms with Crippen LogP contribution in [0.5, 0.6) is 0 Å². The molecule has 1 atom stereocenters. The van der Waals surface area contributed by atoms with E-state index < -0.39 is 0 Å². The van der Waals surface area contributed by atoms with E-state index >= 15 is 0 Å². The molecule has 0 saturated heterocycles. The van der Waals surface area contributed by atoms with Gasteiger partial charge in [-0.2, -0.15) is 0 Å². The van der Waals surface area contributed by atoms with Gasteiger partial charge < -0.3 is 5.32 Å². The van der Waals surface area contributed by atoms with E-state index in [1.165, 1.54) is 13.3 Å². The molecule has 0 aromatic carbocycles. The third-order valence-corrected chi connectivity index (χ3v) is 6.62. The van der Waals surface area contributed by atoms with Gasteiger partial charge in [0.2, 0.25) is 0 Å². The van der Waals surface area contributed by atoms with Crippen LogP contribution in [0, 0.1) is 2.88 Å². The Kier molecular flexibility index (Phi) is 5.32. The molecule has 1 nitrogen and oxygen atoms in total. The van der Waals surface area contributed by atoms with Crippen molar-refractivity contribution in [2.45, 2.75) is 13.0 Å². The van der Waals surface area contributed by atoms with Crippen molar-refractivity contribution >= 4 is 72.8 Å². The maximum absolute atomic E-state index is 6.11. The van der Waals surface area contributed by atoms with Crippen molar-refractivity contribution in [3.63, 3.8) is 0 Å². The average molecular weight is 463 g/mol. The zero-order valence-corrected chi connectivity index (χ0v) is 15.1. The first-order chi connectivity index (χ1) is 8.11. The quantitative estimate of drug-likeness (QED) is 0.589. The third-order valence-electron chi connectivity index (χ3n) is 2.28. The van der Waals surface area contributed by atoms with Crippen LogP contribution in [0.1, 0.15) is 23.4 Å².